The summed E-state index contributed by atoms with van der Waals surface area (Å²) in [6.45, 7) is 4.68. The molecule has 5 nitrogen and oxygen atoms in total. The molecule has 1 heterocycles. The molecule has 1 aliphatic heterocycles. The Morgan fingerprint density at radius 2 is 2.00 bits per heavy atom. The number of esters is 1. The van der Waals surface area contributed by atoms with Crippen LogP contribution in [0.1, 0.15) is 24.2 Å². The van der Waals surface area contributed by atoms with Crippen molar-refractivity contribution in [1.29, 1.82) is 0 Å². The molecule has 0 N–H and O–H groups in total. The predicted molar refractivity (Wildman–Crippen MR) is 86.0 cm³/mol. The lowest BCUT2D eigenvalue weighted by Crippen LogP contribution is -2.49. The summed E-state index contributed by atoms with van der Waals surface area (Å²) in [5.74, 6) is -0.660. The van der Waals surface area contributed by atoms with Crippen molar-refractivity contribution < 1.29 is 19.1 Å². The number of ether oxygens (including phenoxy) is 2. The third kappa shape index (κ3) is 4.67. The average molecular weight is 403 g/mol. The van der Waals surface area contributed by atoms with Crippen LogP contribution in [-0.4, -0.2) is 48.7 Å². The van der Waals surface area contributed by atoms with Crippen molar-refractivity contribution in [2.24, 2.45) is 0 Å². The number of carbonyl (C=O) groups excluding carboxylic acids is 2. The van der Waals surface area contributed by atoms with Gasteiger partial charge in [0.25, 0.3) is 5.91 Å². The van der Waals surface area contributed by atoms with E-state index in [1.807, 2.05) is 19.9 Å². The Labute approximate surface area is 137 Å². The van der Waals surface area contributed by atoms with Crippen LogP contribution in [0.4, 0.5) is 0 Å². The molecule has 1 fully saturated rings. The van der Waals surface area contributed by atoms with Gasteiger partial charge in [0.1, 0.15) is 0 Å². The summed E-state index contributed by atoms with van der Waals surface area (Å²) in [6, 6.07) is 7.07. The molecule has 1 saturated heterocycles. The van der Waals surface area contributed by atoms with Crippen molar-refractivity contribution in [2.45, 2.75) is 26.1 Å². The lowest BCUT2D eigenvalue weighted by atomic mass is 10.2. The first-order valence-electron chi connectivity index (χ1n) is 6.81. The smallest absolute Gasteiger partial charge is 0.338 e. The summed E-state index contributed by atoms with van der Waals surface area (Å²) in [5, 5.41) is 0. The minimum Gasteiger partial charge on any atom is -0.452 e. The monoisotopic (exact) mass is 403 g/mol. The number of hydrogen-bond acceptors (Lipinski definition) is 4. The molecule has 0 spiro atoms. The maximum absolute atomic E-state index is 12.1. The summed E-state index contributed by atoms with van der Waals surface area (Å²) in [5.41, 5.74) is 0.457. The average Bonchev–Trinajstić information content (AvgIpc) is 2.43. The Bertz CT molecular complexity index is 524. The number of nitrogens with zero attached hydrogens (tertiary/aromatic N) is 1. The molecule has 114 valence electrons. The highest BCUT2D eigenvalue weighted by molar-refractivity contribution is 14.1. The topological polar surface area (TPSA) is 55.8 Å². The van der Waals surface area contributed by atoms with Crippen LogP contribution in [-0.2, 0) is 14.3 Å². The van der Waals surface area contributed by atoms with Gasteiger partial charge in [0.05, 0.1) is 17.8 Å². The van der Waals surface area contributed by atoms with Gasteiger partial charge in [0.15, 0.2) is 6.61 Å². The molecule has 1 aromatic rings. The molecule has 6 heteroatoms. The lowest BCUT2D eigenvalue weighted by Gasteiger charge is -2.35. The molecule has 2 rings (SSSR count). The first kappa shape index (κ1) is 16.2. The molecule has 0 saturated carbocycles. The Morgan fingerprint density at radius 1 is 1.33 bits per heavy atom. The van der Waals surface area contributed by atoms with Crippen molar-refractivity contribution in [1.82, 2.24) is 4.90 Å². The summed E-state index contributed by atoms with van der Waals surface area (Å²) >= 11 is 2.12. The zero-order chi connectivity index (χ0) is 15.4. The van der Waals surface area contributed by atoms with Crippen LogP contribution in [0.5, 0.6) is 0 Å². The van der Waals surface area contributed by atoms with Gasteiger partial charge in [-0.05, 0) is 54.6 Å². The molecule has 1 amide bonds. The van der Waals surface area contributed by atoms with E-state index in [9.17, 15) is 9.59 Å². The molecule has 0 unspecified atom stereocenters. The van der Waals surface area contributed by atoms with Gasteiger partial charge in [-0.15, -0.1) is 0 Å². The highest BCUT2D eigenvalue weighted by Crippen LogP contribution is 2.12. The number of carbonyl (C=O) groups is 2. The summed E-state index contributed by atoms with van der Waals surface area (Å²) in [6.07, 6.45) is 0.00760. The molecule has 0 bridgehead atoms. The van der Waals surface area contributed by atoms with E-state index in [-0.39, 0.29) is 24.7 Å². The number of hydrogen-bond donors (Lipinski definition) is 0. The first-order chi connectivity index (χ1) is 9.95. The van der Waals surface area contributed by atoms with Gasteiger partial charge in [-0.2, -0.15) is 0 Å². The molecule has 1 aromatic carbocycles. The van der Waals surface area contributed by atoms with Crippen LogP contribution >= 0.6 is 22.6 Å². The van der Waals surface area contributed by atoms with Gasteiger partial charge in [0.2, 0.25) is 0 Å². The van der Waals surface area contributed by atoms with Crippen molar-refractivity contribution in [3.63, 3.8) is 0 Å². The van der Waals surface area contributed by atoms with Gasteiger partial charge in [-0.25, -0.2) is 4.79 Å². The van der Waals surface area contributed by atoms with Crippen molar-refractivity contribution >= 4 is 34.5 Å². The maximum atomic E-state index is 12.1. The standard InChI is InChI=1S/C15H18INO4/c1-10-7-17(8-11(2)21-10)14(18)9-20-15(19)12-4-3-5-13(16)6-12/h3-6,10-11H,7-9H2,1-2H3/t10-,11-/m1/s1. The summed E-state index contributed by atoms with van der Waals surface area (Å²) in [7, 11) is 0. The van der Waals surface area contributed by atoms with Gasteiger partial charge in [0, 0.05) is 16.7 Å². The van der Waals surface area contributed by atoms with Crippen LogP contribution in [0.15, 0.2) is 24.3 Å². The number of benzene rings is 1. The highest BCUT2D eigenvalue weighted by Gasteiger charge is 2.26. The van der Waals surface area contributed by atoms with E-state index in [0.29, 0.717) is 18.7 Å². The number of halogens is 1. The van der Waals surface area contributed by atoms with Crippen LogP contribution in [0.3, 0.4) is 0 Å². The zero-order valence-electron chi connectivity index (χ0n) is 12.0. The lowest BCUT2D eigenvalue weighted by molar-refractivity contribution is -0.146. The minimum absolute atomic E-state index is 0.00380. The normalized spacial score (nSPS) is 22.0. The maximum Gasteiger partial charge on any atom is 0.338 e. The van der Waals surface area contributed by atoms with Gasteiger partial charge >= 0.3 is 5.97 Å². The van der Waals surface area contributed by atoms with Gasteiger partial charge in [-0.1, -0.05) is 6.07 Å². The van der Waals surface area contributed by atoms with Crippen LogP contribution in [0.25, 0.3) is 0 Å². The molecule has 0 aromatic heterocycles. The summed E-state index contributed by atoms with van der Waals surface area (Å²) in [4.78, 5) is 25.7. The molecular weight excluding hydrogens is 385 g/mol. The van der Waals surface area contributed by atoms with E-state index >= 15 is 0 Å². The summed E-state index contributed by atoms with van der Waals surface area (Å²) < 4.78 is 11.6. The molecular formula is C15H18INO4. The van der Waals surface area contributed by atoms with E-state index in [1.165, 1.54) is 0 Å². The molecule has 21 heavy (non-hydrogen) atoms. The van der Waals surface area contributed by atoms with E-state index in [2.05, 4.69) is 22.6 Å². The second kappa shape index (κ2) is 7.22. The van der Waals surface area contributed by atoms with Gasteiger partial charge in [-0.3, -0.25) is 4.79 Å². The Morgan fingerprint density at radius 3 is 2.62 bits per heavy atom. The van der Waals surface area contributed by atoms with Crippen LogP contribution in [0.2, 0.25) is 0 Å². The molecule has 0 aliphatic carbocycles. The van der Waals surface area contributed by atoms with Gasteiger partial charge < -0.3 is 14.4 Å². The predicted octanol–water partition coefficient (Wildman–Crippen LogP) is 2.08. The molecule has 0 radical (unpaired) electrons. The number of morpholine rings is 1. The second-order valence-corrected chi connectivity index (χ2v) is 6.39. The van der Waals surface area contributed by atoms with E-state index < -0.39 is 5.97 Å². The largest absolute Gasteiger partial charge is 0.452 e. The van der Waals surface area contributed by atoms with E-state index in [0.717, 1.165) is 3.57 Å². The van der Waals surface area contributed by atoms with Crippen molar-refractivity contribution in [3.8, 4) is 0 Å². The SMILES string of the molecule is C[C@@H]1CN(C(=O)COC(=O)c2cccc(I)c2)C[C@@H](C)O1. The van der Waals surface area contributed by atoms with Crippen molar-refractivity contribution in [2.75, 3.05) is 19.7 Å². The Hall–Kier alpha value is -1.15. The number of rotatable bonds is 3. The van der Waals surface area contributed by atoms with E-state index in [4.69, 9.17) is 9.47 Å². The fourth-order valence-corrected chi connectivity index (χ4v) is 2.84. The fraction of sp³-hybridized carbons (Fsp3) is 0.467. The third-order valence-electron chi connectivity index (χ3n) is 3.16. The molecule has 1 aliphatic rings. The zero-order valence-corrected chi connectivity index (χ0v) is 14.2. The third-order valence-corrected chi connectivity index (χ3v) is 3.83. The minimum atomic E-state index is -0.476. The van der Waals surface area contributed by atoms with Crippen molar-refractivity contribution in [3.05, 3.63) is 33.4 Å². The molecule has 2 atom stereocenters. The Balaban J connectivity index is 1.87. The van der Waals surface area contributed by atoms with E-state index in [1.54, 1.807) is 23.1 Å². The second-order valence-electron chi connectivity index (χ2n) is 5.14. The Kier molecular flexibility index (Phi) is 5.58. The quantitative estimate of drug-likeness (QED) is 0.573. The number of amides is 1. The highest BCUT2D eigenvalue weighted by atomic mass is 127. The van der Waals surface area contributed by atoms with Crippen LogP contribution < -0.4 is 0 Å². The fourth-order valence-electron chi connectivity index (χ4n) is 2.30. The first-order valence-corrected chi connectivity index (χ1v) is 7.89. The van der Waals surface area contributed by atoms with Crippen LogP contribution in [0, 0.1) is 3.57 Å².